The van der Waals surface area contributed by atoms with Crippen molar-refractivity contribution in [2.45, 2.75) is 11.5 Å². The lowest BCUT2D eigenvalue weighted by Gasteiger charge is -2.10. The third kappa shape index (κ3) is 4.88. The van der Waals surface area contributed by atoms with Crippen LogP contribution in [-0.4, -0.2) is 41.3 Å². The van der Waals surface area contributed by atoms with Gasteiger partial charge in [0.2, 0.25) is 0 Å². The molecule has 0 fully saturated rings. The Hall–Kier alpha value is -2.09. The van der Waals surface area contributed by atoms with Crippen LogP contribution in [0.25, 0.3) is 0 Å². The van der Waals surface area contributed by atoms with E-state index in [2.05, 4.69) is 5.32 Å². The molecular weight excluding hydrogens is 286 g/mol. The molecule has 7 nitrogen and oxygen atoms in total. The first-order chi connectivity index (χ1) is 9.43. The number of ether oxygens (including phenoxy) is 2. The van der Waals surface area contributed by atoms with E-state index in [9.17, 15) is 13.8 Å². The van der Waals surface area contributed by atoms with Crippen molar-refractivity contribution in [1.82, 2.24) is 5.32 Å². The summed E-state index contributed by atoms with van der Waals surface area (Å²) in [6, 6.07) is 4.89. The standard InChI is InChI=1S/C12H15NO6S/c1-18-10-5-9(20(2)17)4-3-8(10)7-19-12(16)13-6-11(14)15/h3-5H,6-7H2,1-2H3,(H,13,16)(H,14,15). The molecule has 0 aromatic heterocycles. The summed E-state index contributed by atoms with van der Waals surface area (Å²) in [6.07, 6.45) is 0.710. The topological polar surface area (TPSA) is 102 Å². The fourth-order valence-electron chi connectivity index (χ4n) is 1.37. The molecule has 0 saturated carbocycles. The zero-order chi connectivity index (χ0) is 15.1. The van der Waals surface area contributed by atoms with Gasteiger partial charge in [-0.3, -0.25) is 9.00 Å². The van der Waals surface area contributed by atoms with Gasteiger partial charge in [-0.1, -0.05) is 6.07 Å². The third-order valence-electron chi connectivity index (χ3n) is 2.33. The van der Waals surface area contributed by atoms with Crippen LogP contribution in [0.4, 0.5) is 4.79 Å². The minimum absolute atomic E-state index is 0.0781. The van der Waals surface area contributed by atoms with Gasteiger partial charge >= 0.3 is 12.1 Å². The Balaban J connectivity index is 2.66. The van der Waals surface area contributed by atoms with Crippen molar-refractivity contribution in [3.05, 3.63) is 23.8 Å². The molecule has 1 aromatic carbocycles. The quantitative estimate of drug-likeness (QED) is 0.803. The molecular formula is C12H15NO6S. The second-order valence-electron chi connectivity index (χ2n) is 3.75. The molecule has 1 atom stereocenters. The smallest absolute Gasteiger partial charge is 0.407 e. The minimum Gasteiger partial charge on any atom is -0.496 e. The van der Waals surface area contributed by atoms with Crippen LogP contribution in [-0.2, 0) is 26.9 Å². The van der Waals surface area contributed by atoms with Crippen LogP contribution in [0.5, 0.6) is 5.75 Å². The Bertz CT molecular complexity index is 531. The van der Waals surface area contributed by atoms with E-state index in [1.807, 2.05) is 0 Å². The minimum atomic E-state index is -1.16. The van der Waals surface area contributed by atoms with E-state index in [-0.39, 0.29) is 6.61 Å². The molecule has 2 N–H and O–H groups in total. The van der Waals surface area contributed by atoms with Gasteiger partial charge in [-0.25, -0.2) is 4.79 Å². The van der Waals surface area contributed by atoms with Crippen molar-refractivity contribution in [3.8, 4) is 5.75 Å². The first-order valence-corrected chi connectivity index (χ1v) is 7.12. The molecule has 8 heteroatoms. The number of carbonyl (C=O) groups excluding carboxylic acids is 1. The van der Waals surface area contributed by atoms with Crippen LogP contribution in [0.3, 0.4) is 0 Å². The predicted octanol–water partition coefficient (Wildman–Crippen LogP) is 0.743. The molecule has 110 valence electrons. The van der Waals surface area contributed by atoms with E-state index >= 15 is 0 Å². The highest BCUT2D eigenvalue weighted by atomic mass is 32.2. The van der Waals surface area contributed by atoms with Crippen LogP contribution in [0.15, 0.2) is 23.1 Å². The average Bonchev–Trinajstić information content (AvgIpc) is 2.42. The highest BCUT2D eigenvalue weighted by molar-refractivity contribution is 7.84. The molecule has 0 aliphatic carbocycles. The Morgan fingerprint density at radius 3 is 2.65 bits per heavy atom. The summed E-state index contributed by atoms with van der Waals surface area (Å²) in [5.41, 5.74) is 0.590. The highest BCUT2D eigenvalue weighted by Gasteiger charge is 2.10. The molecule has 0 heterocycles. The monoisotopic (exact) mass is 301 g/mol. The molecule has 1 amide bonds. The van der Waals surface area contributed by atoms with E-state index in [1.165, 1.54) is 7.11 Å². The predicted molar refractivity (Wildman–Crippen MR) is 71.1 cm³/mol. The summed E-state index contributed by atoms with van der Waals surface area (Å²) in [5.74, 6) is -0.710. The summed E-state index contributed by atoms with van der Waals surface area (Å²) in [4.78, 5) is 22.1. The van der Waals surface area contributed by atoms with Crippen molar-refractivity contribution in [2.24, 2.45) is 0 Å². The summed E-state index contributed by atoms with van der Waals surface area (Å²) in [5, 5.41) is 10.5. The SMILES string of the molecule is COc1cc(S(C)=O)ccc1COC(=O)NCC(=O)O. The molecule has 1 aromatic rings. The van der Waals surface area contributed by atoms with E-state index in [4.69, 9.17) is 14.6 Å². The number of carboxylic acid groups (broad SMARTS) is 1. The summed E-state index contributed by atoms with van der Waals surface area (Å²) in [6.45, 7) is -0.588. The molecule has 0 spiro atoms. The lowest BCUT2D eigenvalue weighted by molar-refractivity contribution is -0.135. The average molecular weight is 301 g/mol. The number of carboxylic acids is 1. The van der Waals surface area contributed by atoms with Crippen LogP contribution in [0.1, 0.15) is 5.56 Å². The molecule has 0 aliphatic rings. The van der Waals surface area contributed by atoms with Crippen molar-refractivity contribution >= 4 is 22.9 Å². The van der Waals surface area contributed by atoms with Crippen LogP contribution >= 0.6 is 0 Å². The Morgan fingerprint density at radius 1 is 1.40 bits per heavy atom. The number of aliphatic carboxylic acids is 1. The molecule has 20 heavy (non-hydrogen) atoms. The summed E-state index contributed by atoms with van der Waals surface area (Å²) >= 11 is 0. The zero-order valence-corrected chi connectivity index (χ0v) is 11.9. The van der Waals surface area contributed by atoms with Gasteiger partial charge in [-0.15, -0.1) is 0 Å². The molecule has 0 aliphatic heterocycles. The van der Waals surface area contributed by atoms with E-state index in [1.54, 1.807) is 24.5 Å². The number of rotatable bonds is 6. The van der Waals surface area contributed by atoms with Gasteiger partial charge in [0.25, 0.3) is 0 Å². The maximum Gasteiger partial charge on any atom is 0.407 e. The molecule has 0 bridgehead atoms. The number of nitrogens with one attached hydrogen (secondary N) is 1. The van der Waals surface area contributed by atoms with Crippen molar-refractivity contribution in [3.63, 3.8) is 0 Å². The lowest BCUT2D eigenvalue weighted by atomic mass is 10.2. The fraction of sp³-hybridized carbons (Fsp3) is 0.333. The fourth-order valence-corrected chi connectivity index (χ4v) is 1.90. The van der Waals surface area contributed by atoms with Gasteiger partial charge in [0.15, 0.2) is 0 Å². The number of alkyl carbamates (subject to hydrolysis) is 1. The Labute approximate surface area is 118 Å². The second-order valence-corrected chi connectivity index (χ2v) is 5.13. The van der Waals surface area contributed by atoms with Gasteiger partial charge in [-0.05, 0) is 12.1 Å². The Kier molecular flexibility index (Phi) is 5.98. The maximum atomic E-state index is 11.3. The van der Waals surface area contributed by atoms with Gasteiger partial charge < -0.3 is 19.9 Å². The molecule has 1 unspecified atom stereocenters. The van der Waals surface area contributed by atoms with Crippen LogP contribution < -0.4 is 10.1 Å². The first kappa shape index (κ1) is 16.0. The van der Waals surface area contributed by atoms with E-state index in [0.717, 1.165) is 0 Å². The van der Waals surface area contributed by atoms with E-state index < -0.39 is 29.4 Å². The highest BCUT2D eigenvalue weighted by Crippen LogP contribution is 2.22. The summed E-state index contributed by atoms with van der Waals surface area (Å²) < 4.78 is 21.3. The third-order valence-corrected chi connectivity index (χ3v) is 3.25. The number of carbonyl (C=O) groups is 2. The number of hydrogen-bond acceptors (Lipinski definition) is 5. The van der Waals surface area contributed by atoms with Crippen LogP contribution in [0.2, 0.25) is 0 Å². The lowest BCUT2D eigenvalue weighted by Crippen LogP contribution is -2.29. The first-order valence-electron chi connectivity index (χ1n) is 5.56. The number of hydrogen-bond donors (Lipinski definition) is 2. The van der Waals surface area contributed by atoms with Gasteiger partial charge in [-0.2, -0.15) is 0 Å². The van der Waals surface area contributed by atoms with Gasteiger partial charge in [0, 0.05) is 27.5 Å². The van der Waals surface area contributed by atoms with Crippen molar-refractivity contribution in [1.29, 1.82) is 0 Å². The number of benzene rings is 1. The normalized spacial score (nSPS) is 11.5. The maximum absolute atomic E-state index is 11.3. The van der Waals surface area contributed by atoms with Crippen LogP contribution in [0, 0.1) is 0 Å². The molecule has 0 saturated heterocycles. The van der Waals surface area contributed by atoms with Crippen molar-refractivity contribution < 1.29 is 28.4 Å². The molecule has 0 radical (unpaired) electrons. The van der Waals surface area contributed by atoms with Gasteiger partial charge in [0.05, 0.1) is 7.11 Å². The Morgan fingerprint density at radius 2 is 2.10 bits per heavy atom. The number of methoxy groups -OCH3 is 1. The van der Waals surface area contributed by atoms with Crippen molar-refractivity contribution in [2.75, 3.05) is 19.9 Å². The number of amides is 1. The second kappa shape index (κ2) is 7.49. The largest absolute Gasteiger partial charge is 0.496 e. The van der Waals surface area contributed by atoms with E-state index in [0.29, 0.717) is 16.2 Å². The molecule has 1 rings (SSSR count). The summed E-state index contributed by atoms with van der Waals surface area (Å²) in [7, 11) is 0.315. The zero-order valence-electron chi connectivity index (χ0n) is 11.0. The van der Waals surface area contributed by atoms with Gasteiger partial charge in [0.1, 0.15) is 18.9 Å².